The van der Waals surface area contributed by atoms with Crippen molar-refractivity contribution in [2.75, 3.05) is 18.1 Å². The lowest BCUT2D eigenvalue weighted by Gasteiger charge is -2.47. The number of hydrazone groups is 1. The molecular formula is C23H29F4N3. The Morgan fingerprint density at radius 2 is 1.93 bits per heavy atom. The van der Waals surface area contributed by atoms with Crippen molar-refractivity contribution in [1.29, 1.82) is 0 Å². The maximum absolute atomic E-state index is 13.3. The van der Waals surface area contributed by atoms with Crippen LogP contribution in [0.5, 0.6) is 0 Å². The number of benzene rings is 1. The summed E-state index contributed by atoms with van der Waals surface area (Å²) in [4.78, 5) is 0. The number of halogens is 4. The van der Waals surface area contributed by atoms with Gasteiger partial charge in [0.1, 0.15) is 5.82 Å². The number of rotatable bonds is 7. The quantitative estimate of drug-likeness (QED) is 0.340. The molecule has 1 fully saturated rings. The molecule has 1 saturated carbocycles. The summed E-state index contributed by atoms with van der Waals surface area (Å²) in [5.41, 5.74) is 2.53. The van der Waals surface area contributed by atoms with E-state index in [0.29, 0.717) is 12.5 Å². The molecule has 3 aliphatic rings. The summed E-state index contributed by atoms with van der Waals surface area (Å²) in [6, 6.07) is 6.63. The largest absolute Gasteiger partial charge is 0.390 e. The zero-order valence-corrected chi connectivity index (χ0v) is 17.1. The van der Waals surface area contributed by atoms with Gasteiger partial charge < -0.3 is 5.32 Å². The van der Waals surface area contributed by atoms with Crippen molar-refractivity contribution in [3.63, 3.8) is 0 Å². The molecule has 1 aromatic rings. The van der Waals surface area contributed by atoms with Gasteiger partial charge in [-0.3, -0.25) is 5.01 Å². The molecule has 4 rings (SSSR count). The summed E-state index contributed by atoms with van der Waals surface area (Å²) < 4.78 is 50.2. The van der Waals surface area contributed by atoms with Crippen molar-refractivity contribution in [2.45, 2.75) is 63.6 Å². The predicted octanol–water partition coefficient (Wildman–Crippen LogP) is 5.83. The van der Waals surface area contributed by atoms with Gasteiger partial charge >= 0.3 is 6.18 Å². The van der Waals surface area contributed by atoms with Gasteiger partial charge in [0.25, 0.3) is 0 Å². The van der Waals surface area contributed by atoms with Crippen LogP contribution in [0.1, 0.15) is 51.4 Å². The summed E-state index contributed by atoms with van der Waals surface area (Å²) in [6.45, 7) is 0.609. The lowest BCUT2D eigenvalue weighted by atomic mass is 9.59. The molecule has 7 heteroatoms. The summed E-state index contributed by atoms with van der Waals surface area (Å²) in [7, 11) is 0. The van der Waals surface area contributed by atoms with Crippen molar-refractivity contribution >= 4 is 11.9 Å². The van der Waals surface area contributed by atoms with Gasteiger partial charge in [0.15, 0.2) is 0 Å². The SMILES string of the molecule is Fc1ccc(N2N=CC3CC4(CCCNCCC(F)(F)F)CCCCC4=CC32)cc1. The zero-order valence-electron chi connectivity index (χ0n) is 17.1. The number of anilines is 1. The first-order chi connectivity index (χ1) is 14.4. The van der Waals surface area contributed by atoms with Gasteiger partial charge in [-0.2, -0.15) is 18.3 Å². The van der Waals surface area contributed by atoms with Crippen LogP contribution in [0.4, 0.5) is 23.2 Å². The van der Waals surface area contributed by atoms with Gasteiger partial charge in [-0.25, -0.2) is 4.39 Å². The molecular weight excluding hydrogens is 394 g/mol. The van der Waals surface area contributed by atoms with E-state index >= 15 is 0 Å². The molecule has 30 heavy (non-hydrogen) atoms. The van der Waals surface area contributed by atoms with E-state index in [0.717, 1.165) is 37.8 Å². The second kappa shape index (κ2) is 8.69. The summed E-state index contributed by atoms with van der Waals surface area (Å²) in [6.07, 6.45) is 7.08. The summed E-state index contributed by atoms with van der Waals surface area (Å²) in [5.74, 6) is 0.0608. The van der Waals surface area contributed by atoms with Crippen LogP contribution in [-0.4, -0.2) is 31.5 Å². The number of hydrogen-bond donors (Lipinski definition) is 1. The van der Waals surface area contributed by atoms with Crippen LogP contribution >= 0.6 is 0 Å². The van der Waals surface area contributed by atoms with Crippen LogP contribution in [0.25, 0.3) is 0 Å². The van der Waals surface area contributed by atoms with E-state index in [-0.39, 0.29) is 23.8 Å². The van der Waals surface area contributed by atoms with Crippen molar-refractivity contribution in [3.8, 4) is 0 Å². The summed E-state index contributed by atoms with van der Waals surface area (Å²) >= 11 is 0. The highest BCUT2D eigenvalue weighted by molar-refractivity contribution is 5.72. The topological polar surface area (TPSA) is 27.6 Å². The van der Waals surface area contributed by atoms with E-state index in [1.165, 1.54) is 30.5 Å². The first-order valence-electron chi connectivity index (χ1n) is 10.9. The van der Waals surface area contributed by atoms with Crippen molar-refractivity contribution in [2.24, 2.45) is 16.4 Å². The highest BCUT2D eigenvalue weighted by Gasteiger charge is 2.46. The van der Waals surface area contributed by atoms with E-state index < -0.39 is 12.6 Å². The average Bonchev–Trinajstić information content (AvgIpc) is 3.11. The van der Waals surface area contributed by atoms with Crippen molar-refractivity contribution in [3.05, 3.63) is 41.7 Å². The molecule has 1 N–H and O–H groups in total. The van der Waals surface area contributed by atoms with Gasteiger partial charge in [-0.1, -0.05) is 18.1 Å². The summed E-state index contributed by atoms with van der Waals surface area (Å²) in [5, 5.41) is 9.58. The lowest BCUT2D eigenvalue weighted by molar-refractivity contribution is -0.133. The van der Waals surface area contributed by atoms with Gasteiger partial charge in [0.05, 0.1) is 18.2 Å². The third-order valence-electron chi connectivity index (χ3n) is 6.82. The van der Waals surface area contributed by atoms with Crippen LogP contribution in [0, 0.1) is 17.2 Å². The van der Waals surface area contributed by atoms with E-state index in [1.54, 1.807) is 12.1 Å². The molecule has 1 aliphatic heterocycles. The molecule has 164 valence electrons. The third-order valence-corrected chi connectivity index (χ3v) is 6.82. The highest BCUT2D eigenvalue weighted by Crippen LogP contribution is 2.53. The highest BCUT2D eigenvalue weighted by atomic mass is 19.4. The fourth-order valence-electron chi connectivity index (χ4n) is 5.35. The zero-order chi connectivity index (χ0) is 21.2. The number of nitrogens with zero attached hydrogens (tertiary/aromatic N) is 2. The molecule has 0 saturated heterocycles. The van der Waals surface area contributed by atoms with E-state index in [2.05, 4.69) is 16.5 Å². The fraction of sp³-hybridized carbons (Fsp3) is 0.609. The standard InChI is InChI=1S/C23H29F4N3/c24-19-5-7-20(8-6-19)30-21-14-18-4-1-2-9-22(18,15-17(21)16-29-30)10-3-12-28-13-11-23(25,26)27/h5-8,14,16-17,21,28H,1-4,9-13,15H2. The third kappa shape index (κ3) is 4.71. The molecule has 0 aromatic heterocycles. The van der Waals surface area contributed by atoms with Crippen LogP contribution in [0.15, 0.2) is 41.0 Å². The molecule has 0 radical (unpaired) electrons. The first-order valence-corrected chi connectivity index (χ1v) is 10.9. The molecule has 0 spiro atoms. The number of hydrogen-bond acceptors (Lipinski definition) is 3. The van der Waals surface area contributed by atoms with Gasteiger partial charge in [0, 0.05) is 18.7 Å². The van der Waals surface area contributed by atoms with Gasteiger partial charge in [-0.15, -0.1) is 0 Å². The van der Waals surface area contributed by atoms with E-state index in [1.807, 2.05) is 11.2 Å². The van der Waals surface area contributed by atoms with Crippen LogP contribution in [0.2, 0.25) is 0 Å². The second-order valence-corrected chi connectivity index (χ2v) is 8.84. The molecule has 1 heterocycles. The Labute approximate surface area is 175 Å². The predicted molar refractivity (Wildman–Crippen MR) is 111 cm³/mol. The molecule has 2 aliphatic carbocycles. The Morgan fingerprint density at radius 3 is 2.70 bits per heavy atom. The molecule has 3 nitrogen and oxygen atoms in total. The van der Waals surface area contributed by atoms with E-state index in [9.17, 15) is 17.6 Å². The van der Waals surface area contributed by atoms with Crippen LogP contribution in [0.3, 0.4) is 0 Å². The Bertz CT molecular complexity index is 787. The number of nitrogens with one attached hydrogen (secondary N) is 1. The Morgan fingerprint density at radius 1 is 1.13 bits per heavy atom. The minimum Gasteiger partial charge on any atom is -0.316 e. The number of alkyl halides is 3. The first kappa shape index (κ1) is 21.3. The normalized spacial score (nSPS) is 28.3. The minimum absolute atomic E-state index is 0.0107. The van der Waals surface area contributed by atoms with Crippen LogP contribution < -0.4 is 10.3 Å². The molecule has 3 atom stereocenters. The maximum atomic E-state index is 13.3. The lowest BCUT2D eigenvalue weighted by Crippen LogP contribution is -2.42. The minimum atomic E-state index is -4.10. The monoisotopic (exact) mass is 423 g/mol. The smallest absolute Gasteiger partial charge is 0.316 e. The number of fused-ring (bicyclic) bond motifs is 2. The molecule has 0 amide bonds. The molecule has 0 bridgehead atoms. The average molecular weight is 423 g/mol. The maximum Gasteiger partial charge on any atom is 0.390 e. The van der Waals surface area contributed by atoms with Gasteiger partial charge in [0.2, 0.25) is 0 Å². The molecule has 1 aromatic carbocycles. The Kier molecular flexibility index (Phi) is 6.19. The fourth-order valence-corrected chi connectivity index (χ4v) is 5.35. The van der Waals surface area contributed by atoms with E-state index in [4.69, 9.17) is 0 Å². The van der Waals surface area contributed by atoms with Gasteiger partial charge in [-0.05, 0) is 74.8 Å². The Hall–Kier alpha value is -1.89. The second-order valence-electron chi connectivity index (χ2n) is 8.84. The number of allylic oxidation sites excluding steroid dienone is 1. The van der Waals surface area contributed by atoms with Crippen molar-refractivity contribution < 1.29 is 17.6 Å². The van der Waals surface area contributed by atoms with Crippen LogP contribution in [-0.2, 0) is 0 Å². The Balaban J connectivity index is 1.41. The molecule has 3 unspecified atom stereocenters. The van der Waals surface area contributed by atoms with Crippen molar-refractivity contribution in [1.82, 2.24) is 5.32 Å².